The van der Waals surface area contributed by atoms with Gasteiger partial charge in [-0.05, 0) is 24.3 Å². The van der Waals surface area contributed by atoms with E-state index in [4.69, 9.17) is 16.3 Å². The minimum absolute atomic E-state index is 0.0492. The van der Waals surface area contributed by atoms with Crippen LogP contribution in [0.1, 0.15) is 0 Å². The third kappa shape index (κ3) is 2.57. The Kier molecular flexibility index (Phi) is 3.43. The summed E-state index contributed by atoms with van der Waals surface area (Å²) in [4.78, 5) is 10.2. The fraction of sp³-hybridized carbons (Fsp3) is 0. The standard InChI is InChI=1S/C12H7ClFNO3/c13-9-7-8(14)5-6-11(9)18-12-4-2-1-3-10(12)15(16)17/h1-7H. The van der Waals surface area contributed by atoms with Gasteiger partial charge in [-0.2, -0.15) is 0 Å². The van der Waals surface area contributed by atoms with E-state index in [0.29, 0.717) is 0 Å². The molecule has 6 heteroatoms. The molecule has 0 spiro atoms. The van der Waals surface area contributed by atoms with E-state index in [9.17, 15) is 14.5 Å². The van der Waals surface area contributed by atoms with Crippen molar-refractivity contribution in [3.8, 4) is 11.5 Å². The van der Waals surface area contributed by atoms with Gasteiger partial charge in [0, 0.05) is 6.07 Å². The van der Waals surface area contributed by atoms with E-state index in [0.717, 1.165) is 12.1 Å². The number of nitro benzene ring substituents is 1. The summed E-state index contributed by atoms with van der Waals surface area (Å²) in [6, 6.07) is 9.43. The van der Waals surface area contributed by atoms with Crippen molar-refractivity contribution in [2.24, 2.45) is 0 Å². The smallest absolute Gasteiger partial charge is 0.311 e. The lowest BCUT2D eigenvalue weighted by molar-refractivity contribution is -0.385. The number of halogens is 2. The van der Waals surface area contributed by atoms with Crippen molar-refractivity contribution in [1.82, 2.24) is 0 Å². The summed E-state index contributed by atoms with van der Waals surface area (Å²) in [5.74, 6) is -0.293. The molecular formula is C12H7ClFNO3. The molecule has 0 N–H and O–H groups in total. The summed E-state index contributed by atoms with van der Waals surface area (Å²) in [5, 5.41) is 10.8. The minimum Gasteiger partial charge on any atom is -0.449 e. The molecule has 0 aliphatic rings. The maximum Gasteiger partial charge on any atom is 0.311 e. The van der Waals surface area contributed by atoms with E-state index >= 15 is 0 Å². The van der Waals surface area contributed by atoms with Crippen LogP contribution >= 0.6 is 11.6 Å². The maximum atomic E-state index is 12.8. The van der Waals surface area contributed by atoms with Crippen LogP contribution in [-0.2, 0) is 0 Å². The largest absolute Gasteiger partial charge is 0.449 e. The Morgan fingerprint density at radius 1 is 1.17 bits per heavy atom. The predicted octanol–water partition coefficient (Wildman–Crippen LogP) is 4.18. The second-order valence-electron chi connectivity index (χ2n) is 3.40. The van der Waals surface area contributed by atoms with Crippen LogP contribution in [0, 0.1) is 15.9 Å². The van der Waals surface area contributed by atoms with E-state index in [2.05, 4.69) is 0 Å². The van der Waals surface area contributed by atoms with E-state index in [1.165, 1.54) is 24.3 Å². The highest BCUT2D eigenvalue weighted by molar-refractivity contribution is 6.32. The highest BCUT2D eigenvalue weighted by Crippen LogP contribution is 2.34. The van der Waals surface area contributed by atoms with Gasteiger partial charge < -0.3 is 4.74 Å². The Hall–Kier alpha value is -2.14. The van der Waals surface area contributed by atoms with Crippen molar-refractivity contribution in [3.63, 3.8) is 0 Å². The zero-order chi connectivity index (χ0) is 13.1. The molecule has 92 valence electrons. The highest BCUT2D eigenvalue weighted by Gasteiger charge is 2.15. The number of rotatable bonds is 3. The molecule has 0 atom stereocenters. The minimum atomic E-state index is -0.563. The van der Waals surface area contributed by atoms with Crippen molar-refractivity contribution < 1.29 is 14.1 Å². The van der Waals surface area contributed by atoms with Crippen molar-refractivity contribution in [2.75, 3.05) is 0 Å². The van der Waals surface area contributed by atoms with Gasteiger partial charge in [-0.15, -0.1) is 0 Å². The molecule has 0 bridgehead atoms. The summed E-state index contributed by atoms with van der Waals surface area (Å²) in [6.45, 7) is 0. The number of hydrogen-bond donors (Lipinski definition) is 0. The van der Waals surface area contributed by atoms with Gasteiger partial charge in [0.05, 0.1) is 9.95 Å². The first-order valence-electron chi connectivity index (χ1n) is 4.94. The van der Waals surface area contributed by atoms with Crippen LogP contribution in [0.25, 0.3) is 0 Å². The molecular weight excluding hydrogens is 261 g/mol. The Labute approximate surface area is 107 Å². The number of nitro groups is 1. The molecule has 4 nitrogen and oxygen atoms in total. The summed E-state index contributed by atoms with van der Waals surface area (Å²) >= 11 is 5.78. The van der Waals surface area contributed by atoms with Crippen LogP contribution in [0.15, 0.2) is 42.5 Å². The number of ether oxygens (including phenoxy) is 1. The van der Waals surface area contributed by atoms with Crippen LogP contribution in [-0.4, -0.2) is 4.92 Å². The molecule has 18 heavy (non-hydrogen) atoms. The summed E-state index contributed by atoms with van der Waals surface area (Å²) in [7, 11) is 0. The molecule has 0 aliphatic heterocycles. The van der Waals surface area contributed by atoms with Crippen molar-refractivity contribution in [2.45, 2.75) is 0 Å². The molecule has 0 aromatic heterocycles. The lowest BCUT2D eigenvalue weighted by Crippen LogP contribution is -1.93. The van der Waals surface area contributed by atoms with Gasteiger partial charge in [0.25, 0.3) is 0 Å². The molecule has 0 aliphatic carbocycles. The van der Waals surface area contributed by atoms with Gasteiger partial charge in [-0.1, -0.05) is 23.7 Å². The van der Waals surface area contributed by atoms with E-state index in [-0.39, 0.29) is 22.2 Å². The van der Waals surface area contributed by atoms with Gasteiger partial charge >= 0.3 is 5.69 Å². The Morgan fingerprint density at radius 2 is 1.89 bits per heavy atom. The van der Waals surface area contributed by atoms with Crippen LogP contribution < -0.4 is 4.74 Å². The molecule has 0 amide bonds. The van der Waals surface area contributed by atoms with E-state index < -0.39 is 10.7 Å². The molecule has 0 heterocycles. The highest BCUT2D eigenvalue weighted by atomic mass is 35.5. The average molecular weight is 268 g/mol. The zero-order valence-corrected chi connectivity index (χ0v) is 9.73. The van der Waals surface area contributed by atoms with E-state index in [1.807, 2.05) is 0 Å². The molecule has 0 fully saturated rings. The fourth-order valence-corrected chi connectivity index (χ4v) is 1.58. The number of benzene rings is 2. The van der Waals surface area contributed by atoms with Crippen molar-refractivity contribution in [3.05, 3.63) is 63.4 Å². The first-order chi connectivity index (χ1) is 8.58. The molecule has 2 aromatic carbocycles. The SMILES string of the molecule is O=[N+]([O-])c1ccccc1Oc1ccc(F)cc1Cl. The van der Waals surface area contributed by atoms with Crippen LogP contribution in [0.2, 0.25) is 5.02 Å². The quantitative estimate of drug-likeness (QED) is 0.619. The maximum absolute atomic E-state index is 12.8. The zero-order valence-electron chi connectivity index (χ0n) is 8.97. The molecule has 2 rings (SSSR count). The summed E-state index contributed by atoms with van der Waals surface area (Å²) < 4.78 is 18.2. The molecule has 0 unspecified atom stereocenters. The summed E-state index contributed by atoms with van der Waals surface area (Å²) in [6.07, 6.45) is 0. The lowest BCUT2D eigenvalue weighted by atomic mass is 10.3. The predicted molar refractivity (Wildman–Crippen MR) is 64.6 cm³/mol. The second kappa shape index (κ2) is 5.01. The second-order valence-corrected chi connectivity index (χ2v) is 3.81. The first kappa shape index (κ1) is 12.3. The molecule has 0 saturated carbocycles. The lowest BCUT2D eigenvalue weighted by Gasteiger charge is -2.07. The first-order valence-corrected chi connectivity index (χ1v) is 5.32. The van der Waals surface area contributed by atoms with Crippen molar-refractivity contribution in [1.29, 1.82) is 0 Å². The van der Waals surface area contributed by atoms with E-state index in [1.54, 1.807) is 6.07 Å². The molecule has 0 saturated heterocycles. The Morgan fingerprint density at radius 3 is 2.56 bits per heavy atom. The number of hydrogen-bond acceptors (Lipinski definition) is 3. The molecule has 0 radical (unpaired) electrons. The van der Waals surface area contributed by atoms with Crippen LogP contribution in [0.3, 0.4) is 0 Å². The topological polar surface area (TPSA) is 52.4 Å². The van der Waals surface area contributed by atoms with Crippen LogP contribution in [0.4, 0.5) is 10.1 Å². The summed E-state index contributed by atoms with van der Waals surface area (Å²) in [5.41, 5.74) is -0.183. The number of para-hydroxylation sites is 2. The van der Waals surface area contributed by atoms with Gasteiger partial charge in [-0.3, -0.25) is 10.1 Å². The Bertz CT molecular complexity index is 604. The monoisotopic (exact) mass is 267 g/mol. The van der Waals surface area contributed by atoms with Crippen molar-refractivity contribution >= 4 is 17.3 Å². The molecule has 2 aromatic rings. The van der Waals surface area contributed by atoms with Gasteiger partial charge in [0.2, 0.25) is 5.75 Å². The average Bonchev–Trinajstić information content (AvgIpc) is 2.33. The third-order valence-corrected chi connectivity index (χ3v) is 2.47. The van der Waals surface area contributed by atoms with Crippen LogP contribution in [0.5, 0.6) is 11.5 Å². The fourth-order valence-electron chi connectivity index (χ4n) is 1.37. The normalized spacial score (nSPS) is 10.1. The third-order valence-electron chi connectivity index (χ3n) is 2.18. The Balaban J connectivity index is 2.37. The van der Waals surface area contributed by atoms with Gasteiger partial charge in [-0.25, -0.2) is 4.39 Å². The number of nitrogens with zero attached hydrogens (tertiary/aromatic N) is 1. The van der Waals surface area contributed by atoms with Gasteiger partial charge in [0.1, 0.15) is 11.6 Å². The van der Waals surface area contributed by atoms with Gasteiger partial charge in [0.15, 0.2) is 0 Å².